The Balaban J connectivity index is 2.09. The molecular formula is C22H22Cl2N2OS. The van der Waals surface area contributed by atoms with Crippen LogP contribution in [0.15, 0.2) is 53.4 Å². The second-order valence-corrected chi connectivity index (χ2v) is 9.46. The van der Waals surface area contributed by atoms with Gasteiger partial charge in [0.05, 0.1) is 6.07 Å². The summed E-state index contributed by atoms with van der Waals surface area (Å²) < 4.78 is -0.924. The Morgan fingerprint density at radius 1 is 1.25 bits per heavy atom. The molecule has 28 heavy (non-hydrogen) atoms. The van der Waals surface area contributed by atoms with Crippen molar-refractivity contribution >= 4 is 40.9 Å². The maximum Gasteiger partial charge on any atom is 0.224 e. The maximum atomic E-state index is 12.9. The van der Waals surface area contributed by atoms with Gasteiger partial charge >= 0.3 is 0 Å². The number of nitrogens with one attached hydrogen (secondary N) is 1. The van der Waals surface area contributed by atoms with Crippen molar-refractivity contribution in [2.75, 3.05) is 12.8 Å². The highest BCUT2D eigenvalue weighted by Gasteiger charge is 2.43. The molecule has 0 spiro atoms. The number of halogens is 2. The van der Waals surface area contributed by atoms with Crippen molar-refractivity contribution < 1.29 is 4.79 Å². The SMILES string of the molecule is CSc1cccc(-c2ccccc2)c1C1CCC(Cl)(Cl)CC1C(=O)NCC#N. The fraction of sp³-hybridized carbons (Fsp3) is 0.364. The number of rotatable bonds is 5. The van der Waals surface area contributed by atoms with Crippen LogP contribution in [0.1, 0.15) is 30.7 Å². The van der Waals surface area contributed by atoms with Crippen molar-refractivity contribution in [3.05, 3.63) is 54.1 Å². The lowest BCUT2D eigenvalue weighted by Gasteiger charge is -2.38. The van der Waals surface area contributed by atoms with Crippen molar-refractivity contribution in [2.24, 2.45) is 5.92 Å². The largest absolute Gasteiger partial charge is 0.343 e. The zero-order valence-electron chi connectivity index (χ0n) is 15.6. The molecule has 6 heteroatoms. The van der Waals surface area contributed by atoms with E-state index in [-0.39, 0.29) is 24.3 Å². The first kappa shape index (κ1) is 21.0. The number of alkyl halides is 2. The number of carbonyl (C=O) groups is 1. The van der Waals surface area contributed by atoms with Crippen LogP contribution in [-0.4, -0.2) is 23.0 Å². The summed E-state index contributed by atoms with van der Waals surface area (Å²) in [4.78, 5) is 14.0. The zero-order valence-corrected chi connectivity index (χ0v) is 17.9. The summed E-state index contributed by atoms with van der Waals surface area (Å²) in [5.74, 6) is -0.553. The molecule has 1 fully saturated rings. The van der Waals surface area contributed by atoms with Gasteiger partial charge < -0.3 is 5.32 Å². The molecule has 3 nitrogen and oxygen atoms in total. The number of hydrogen-bond acceptors (Lipinski definition) is 3. The van der Waals surface area contributed by atoms with Gasteiger partial charge in [0, 0.05) is 10.8 Å². The number of nitriles is 1. The molecule has 1 aliphatic rings. The van der Waals surface area contributed by atoms with Gasteiger partial charge in [-0.15, -0.1) is 35.0 Å². The minimum absolute atomic E-state index is 0.0110. The summed E-state index contributed by atoms with van der Waals surface area (Å²) >= 11 is 14.6. The van der Waals surface area contributed by atoms with E-state index in [2.05, 4.69) is 41.9 Å². The molecule has 0 bridgehead atoms. The Morgan fingerprint density at radius 3 is 2.68 bits per heavy atom. The number of nitrogens with zero attached hydrogens (tertiary/aromatic N) is 1. The van der Waals surface area contributed by atoms with E-state index in [1.165, 1.54) is 5.56 Å². The molecule has 2 aromatic rings. The predicted molar refractivity (Wildman–Crippen MR) is 117 cm³/mol. The highest BCUT2D eigenvalue weighted by atomic mass is 35.5. The summed E-state index contributed by atoms with van der Waals surface area (Å²) in [7, 11) is 0. The smallest absolute Gasteiger partial charge is 0.224 e. The van der Waals surface area contributed by atoms with Crippen molar-refractivity contribution in [1.29, 1.82) is 5.26 Å². The van der Waals surface area contributed by atoms with Crippen LogP contribution in [0.5, 0.6) is 0 Å². The molecular weight excluding hydrogens is 411 g/mol. The molecule has 0 radical (unpaired) electrons. The molecule has 2 atom stereocenters. The summed E-state index contributed by atoms with van der Waals surface area (Å²) in [6, 6.07) is 18.4. The molecule has 0 saturated heterocycles. The zero-order chi connectivity index (χ0) is 20.1. The standard InChI is InChI=1S/C22H22Cl2N2OS/c1-28-19-9-5-8-16(15-6-3-2-4-7-15)20(19)17-10-11-22(23,24)14-18(17)21(27)26-13-12-25/h2-9,17-18H,10-11,13-14H2,1H3,(H,26,27). The highest BCUT2D eigenvalue weighted by molar-refractivity contribution is 7.98. The van der Waals surface area contributed by atoms with Crippen LogP contribution in [0.2, 0.25) is 0 Å². The minimum Gasteiger partial charge on any atom is -0.343 e. The number of hydrogen-bond donors (Lipinski definition) is 1. The summed E-state index contributed by atoms with van der Waals surface area (Å²) in [5, 5.41) is 11.6. The first-order valence-corrected chi connectivity index (χ1v) is 11.2. The average molecular weight is 433 g/mol. The normalized spacial score (nSPS) is 20.9. The lowest BCUT2D eigenvalue weighted by molar-refractivity contribution is -0.126. The van der Waals surface area contributed by atoms with Gasteiger partial charge in [-0.2, -0.15) is 5.26 Å². The van der Waals surface area contributed by atoms with Crippen molar-refractivity contribution in [1.82, 2.24) is 5.32 Å². The summed E-state index contributed by atoms with van der Waals surface area (Å²) in [6.07, 6.45) is 3.76. The Bertz CT molecular complexity index is 880. The number of carbonyl (C=O) groups excluding carboxylic acids is 1. The lowest BCUT2D eigenvalue weighted by atomic mass is 9.72. The monoisotopic (exact) mass is 432 g/mol. The second-order valence-electron chi connectivity index (χ2n) is 6.98. The fourth-order valence-corrected chi connectivity index (χ4v) is 5.23. The van der Waals surface area contributed by atoms with Crippen LogP contribution in [0.25, 0.3) is 11.1 Å². The van der Waals surface area contributed by atoms with Crippen LogP contribution in [0, 0.1) is 17.2 Å². The third kappa shape index (κ3) is 4.66. The van der Waals surface area contributed by atoms with Gasteiger partial charge in [-0.05, 0) is 54.2 Å². The van der Waals surface area contributed by atoms with Gasteiger partial charge in [-0.1, -0.05) is 42.5 Å². The second kappa shape index (κ2) is 9.22. The Morgan fingerprint density at radius 2 is 2.00 bits per heavy atom. The first-order chi connectivity index (χ1) is 13.5. The topological polar surface area (TPSA) is 52.9 Å². The van der Waals surface area contributed by atoms with E-state index < -0.39 is 4.33 Å². The molecule has 3 rings (SSSR count). The molecule has 1 N–H and O–H groups in total. The van der Waals surface area contributed by atoms with Crippen LogP contribution in [-0.2, 0) is 4.79 Å². The van der Waals surface area contributed by atoms with Gasteiger partial charge in [0.25, 0.3) is 0 Å². The Labute approximate surface area is 180 Å². The Kier molecular flexibility index (Phi) is 6.93. The van der Waals surface area contributed by atoms with Crippen LogP contribution in [0.4, 0.5) is 0 Å². The van der Waals surface area contributed by atoms with E-state index in [0.29, 0.717) is 12.8 Å². The number of amides is 1. The molecule has 0 heterocycles. The van der Waals surface area contributed by atoms with E-state index in [4.69, 9.17) is 28.5 Å². The van der Waals surface area contributed by atoms with E-state index in [1.54, 1.807) is 11.8 Å². The maximum absolute atomic E-state index is 12.9. The third-order valence-corrected chi connectivity index (χ3v) is 6.73. The molecule has 2 unspecified atom stereocenters. The molecule has 1 amide bonds. The lowest BCUT2D eigenvalue weighted by Crippen LogP contribution is -2.41. The molecule has 2 aromatic carbocycles. The van der Waals surface area contributed by atoms with Gasteiger partial charge in [-0.25, -0.2) is 0 Å². The molecule has 1 saturated carbocycles. The predicted octanol–water partition coefficient (Wildman–Crippen LogP) is 5.77. The van der Waals surface area contributed by atoms with Crippen LogP contribution in [0.3, 0.4) is 0 Å². The van der Waals surface area contributed by atoms with Crippen molar-refractivity contribution in [2.45, 2.75) is 34.4 Å². The molecule has 0 aromatic heterocycles. The molecule has 146 valence electrons. The first-order valence-electron chi connectivity index (χ1n) is 9.21. The van der Waals surface area contributed by atoms with Crippen LogP contribution < -0.4 is 5.32 Å². The molecule has 1 aliphatic carbocycles. The molecule has 0 aliphatic heterocycles. The van der Waals surface area contributed by atoms with E-state index >= 15 is 0 Å². The Hall–Kier alpha value is -1.67. The quantitative estimate of drug-likeness (QED) is 0.370. The van der Waals surface area contributed by atoms with Gasteiger partial charge in [0.15, 0.2) is 0 Å². The average Bonchev–Trinajstić information content (AvgIpc) is 2.71. The number of benzene rings is 2. The van der Waals surface area contributed by atoms with Crippen molar-refractivity contribution in [3.8, 4) is 17.2 Å². The van der Waals surface area contributed by atoms with Crippen LogP contribution >= 0.6 is 35.0 Å². The van der Waals surface area contributed by atoms with E-state index in [1.807, 2.05) is 24.3 Å². The van der Waals surface area contributed by atoms with Gasteiger partial charge in [-0.3, -0.25) is 4.79 Å². The fourth-order valence-electron chi connectivity index (χ4n) is 3.99. The highest BCUT2D eigenvalue weighted by Crippen LogP contribution is 2.51. The third-order valence-electron chi connectivity index (χ3n) is 5.25. The van der Waals surface area contributed by atoms with E-state index in [9.17, 15) is 4.79 Å². The van der Waals surface area contributed by atoms with Gasteiger partial charge in [0.2, 0.25) is 5.91 Å². The summed E-state index contributed by atoms with van der Waals surface area (Å²) in [5.41, 5.74) is 3.42. The summed E-state index contributed by atoms with van der Waals surface area (Å²) in [6.45, 7) is -0.0185. The van der Waals surface area contributed by atoms with Gasteiger partial charge in [0.1, 0.15) is 10.9 Å². The minimum atomic E-state index is -0.924. The number of thioether (sulfide) groups is 1. The van der Waals surface area contributed by atoms with E-state index in [0.717, 1.165) is 22.4 Å². The van der Waals surface area contributed by atoms with Crippen molar-refractivity contribution in [3.63, 3.8) is 0 Å².